The molecule has 6 nitrogen and oxygen atoms in total. The number of hydrogen-bond acceptors (Lipinski definition) is 6. The van der Waals surface area contributed by atoms with E-state index in [1.54, 1.807) is 4.90 Å². The second-order valence-corrected chi connectivity index (χ2v) is 8.38. The Balaban J connectivity index is 1.24. The van der Waals surface area contributed by atoms with Crippen LogP contribution in [0.25, 0.3) is 0 Å². The van der Waals surface area contributed by atoms with Crippen LogP contribution in [0.15, 0.2) is 41.3 Å². The molecule has 1 amide bonds. The number of amides is 1. The van der Waals surface area contributed by atoms with E-state index in [-0.39, 0.29) is 31.0 Å². The van der Waals surface area contributed by atoms with Crippen molar-refractivity contribution in [2.24, 2.45) is 0 Å². The third-order valence-electron chi connectivity index (χ3n) is 5.33. The summed E-state index contributed by atoms with van der Waals surface area (Å²) in [6.07, 6.45) is 3.46. The molecule has 0 unspecified atom stereocenters. The number of fused-ring (bicyclic) bond motifs is 2. The predicted molar refractivity (Wildman–Crippen MR) is 114 cm³/mol. The average Bonchev–Trinajstić information content (AvgIpc) is 3.42. The third kappa shape index (κ3) is 4.90. The first kappa shape index (κ1) is 20.6. The van der Waals surface area contributed by atoms with Gasteiger partial charge in [0.25, 0.3) is 5.91 Å². The van der Waals surface area contributed by atoms with Crippen LogP contribution in [0.5, 0.6) is 11.5 Å². The lowest BCUT2D eigenvalue weighted by Gasteiger charge is -2.21. The number of benzene rings is 2. The van der Waals surface area contributed by atoms with Crippen LogP contribution in [-0.2, 0) is 33.7 Å². The Morgan fingerprint density at radius 2 is 1.90 bits per heavy atom. The Labute approximate surface area is 180 Å². The molecular weight excluding hydrogens is 402 g/mol. The maximum absolute atomic E-state index is 12.5. The van der Waals surface area contributed by atoms with Crippen molar-refractivity contribution in [3.05, 3.63) is 53.1 Å². The number of likely N-dealkylation sites (N-methyl/N-ethyl adjacent to an activating group) is 1. The molecule has 2 aromatic carbocycles. The second-order valence-electron chi connectivity index (χ2n) is 7.33. The van der Waals surface area contributed by atoms with Crippen LogP contribution in [0.3, 0.4) is 0 Å². The van der Waals surface area contributed by atoms with E-state index in [0.29, 0.717) is 24.6 Å². The minimum absolute atomic E-state index is 0.195. The largest absolute Gasteiger partial charge is 0.455 e. The van der Waals surface area contributed by atoms with E-state index in [9.17, 15) is 9.59 Å². The van der Waals surface area contributed by atoms with Gasteiger partial charge in [-0.2, -0.15) is 0 Å². The standard InChI is InChI=1S/C23H25NO5S/c1-2-24(12-16-6-9-20-21(10-16)29-15-28-20)22(25)13-27-23(26)14-30-19-8-7-17-4-3-5-18(17)11-19/h6-11H,2-5,12-15H2,1H3. The zero-order valence-corrected chi connectivity index (χ0v) is 17.8. The van der Waals surface area contributed by atoms with Crippen LogP contribution < -0.4 is 9.47 Å². The van der Waals surface area contributed by atoms with Crippen LogP contribution in [-0.4, -0.2) is 42.5 Å². The molecule has 4 rings (SSSR count). The van der Waals surface area contributed by atoms with Crippen molar-refractivity contribution in [3.8, 4) is 11.5 Å². The molecule has 1 aliphatic heterocycles. The van der Waals surface area contributed by atoms with E-state index in [0.717, 1.165) is 23.3 Å². The van der Waals surface area contributed by atoms with Crippen molar-refractivity contribution >= 4 is 23.6 Å². The summed E-state index contributed by atoms with van der Waals surface area (Å²) >= 11 is 1.45. The van der Waals surface area contributed by atoms with Gasteiger partial charge in [-0.1, -0.05) is 12.1 Å². The van der Waals surface area contributed by atoms with Gasteiger partial charge in [0.1, 0.15) is 0 Å². The molecule has 0 fully saturated rings. The average molecular weight is 428 g/mol. The quantitative estimate of drug-likeness (QED) is 0.474. The van der Waals surface area contributed by atoms with Gasteiger partial charge in [0.2, 0.25) is 6.79 Å². The molecule has 7 heteroatoms. The molecule has 0 aromatic heterocycles. The first-order valence-corrected chi connectivity index (χ1v) is 11.2. The number of ether oxygens (including phenoxy) is 3. The van der Waals surface area contributed by atoms with E-state index in [4.69, 9.17) is 14.2 Å². The van der Waals surface area contributed by atoms with Crippen LogP contribution in [0.1, 0.15) is 30.0 Å². The number of rotatable bonds is 8. The first-order valence-electron chi connectivity index (χ1n) is 10.2. The predicted octanol–water partition coefficient (Wildman–Crippen LogP) is 3.59. The second kappa shape index (κ2) is 9.43. The highest BCUT2D eigenvalue weighted by atomic mass is 32.2. The number of carbonyl (C=O) groups is 2. The summed E-state index contributed by atoms with van der Waals surface area (Å²) < 4.78 is 15.9. The fourth-order valence-electron chi connectivity index (χ4n) is 3.69. The van der Waals surface area contributed by atoms with Gasteiger partial charge in [0.05, 0.1) is 5.75 Å². The van der Waals surface area contributed by atoms with Crippen molar-refractivity contribution in [2.45, 2.75) is 37.6 Å². The summed E-state index contributed by atoms with van der Waals surface area (Å²) in [4.78, 5) is 27.3. The molecule has 0 saturated heterocycles. The highest BCUT2D eigenvalue weighted by molar-refractivity contribution is 8.00. The Morgan fingerprint density at radius 1 is 1.07 bits per heavy atom. The number of nitrogens with zero attached hydrogens (tertiary/aromatic N) is 1. The van der Waals surface area contributed by atoms with Gasteiger partial charge < -0.3 is 19.1 Å². The number of esters is 1. The number of thioether (sulfide) groups is 1. The van der Waals surface area contributed by atoms with E-state index in [2.05, 4.69) is 18.2 Å². The monoisotopic (exact) mass is 427 g/mol. The van der Waals surface area contributed by atoms with Crippen molar-refractivity contribution < 1.29 is 23.8 Å². The highest BCUT2D eigenvalue weighted by Gasteiger charge is 2.18. The van der Waals surface area contributed by atoms with Crippen LogP contribution in [0.4, 0.5) is 0 Å². The molecule has 0 saturated carbocycles. The Kier molecular flexibility index (Phi) is 6.47. The van der Waals surface area contributed by atoms with E-state index in [1.807, 2.05) is 25.1 Å². The fourth-order valence-corrected chi connectivity index (χ4v) is 4.45. The van der Waals surface area contributed by atoms with E-state index in [1.165, 1.54) is 29.3 Å². The molecule has 0 N–H and O–H groups in total. The van der Waals surface area contributed by atoms with Crippen molar-refractivity contribution in [3.63, 3.8) is 0 Å². The minimum Gasteiger partial charge on any atom is -0.455 e. The lowest BCUT2D eigenvalue weighted by molar-refractivity contribution is -0.150. The summed E-state index contributed by atoms with van der Waals surface area (Å²) in [5, 5.41) is 0. The Hall–Kier alpha value is -2.67. The number of hydrogen-bond donors (Lipinski definition) is 0. The summed E-state index contributed by atoms with van der Waals surface area (Å²) in [5.74, 6) is 0.994. The molecule has 1 heterocycles. The summed E-state index contributed by atoms with van der Waals surface area (Å²) in [5.41, 5.74) is 3.73. The molecule has 30 heavy (non-hydrogen) atoms. The van der Waals surface area contributed by atoms with Gasteiger partial charge in [0.15, 0.2) is 18.1 Å². The SMILES string of the molecule is CCN(Cc1ccc2c(c1)OCO2)C(=O)COC(=O)CSc1ccc2c(c1)CCC2. The van der Waals surface area contributed by atoms with Crippen LogP contribution in [0.2, 0.25) is 0 Å². The fraction of sp³-hybridized carbons (Fsp3) is 0.391. The lowest BCUT2D eigenvalue weighted by Crippen LogP contribution is -2.34. The highest BCUT2D eigenvalue weighted by Crippen LogP contribution is 2.33. The van der Waals surface area contributed by atoms with E-state index >= 15 is 0 Å². The maximum Gasteiger partial charge on any atom is 0.316 e. The third-order valence-corrected chi connectivity index (χ3v) is 6.30. The smallest absolute Gasteiger partial charge is 0.316 e. The summed E-state index contributed by atoms with van der Waals surface area (Å²) in [6, 6.07) is 12.0. The van der Waals surface area contributed by atoms with Gasteiger partial charge in [-0.05, 0) is 67.1 Å². The normalized spacial score (nSPS) is 13.8. The summed E-state index contributed by atoms with van der Waals surface area (Å²) in [7, 11) is 0. The molecule has 0 atom stereocenters. The maximum atomic E-state index is 12.5. The molecule has 2 aliphatic rings. The lowest BCUT2D eigenvalue weighted by atomic mass is 10.1. The molecular formula is C23H25NO5S. The van der Waals surface area contributed by atoms with Gasteiger partial charge in [0, 0.05) is 18.0 Å². The number of aryl methyl sites for hydroxylation is 2. The zero-order chi connectivity index (χ0) is 20.9. The first-order chi connectivity index (χ1) is 14.6. The van der Waals surface area contributed by atoms with Crippen LogP contribution in [0, 0.1) is 0 Å². The van der Waals surface area contributed by atoms with Gasteiger partial charge >= 0.3 is 5.97 Å². The zero-order valence-electron chi connectivity index (χ0n) is 17.0. The molecule has 1 aliphatic carbocycles. The molecule has 0 radical (unpaired) electrons. The van der Waals surface area contributed by atoms with Crippen molar-refractivity contribution in [1.29, 1.82) is 0 Å². The van der Waals surface area contributed by atoms with E-state index < -0.39 is 0 Å². The van der Waals surface area contributed by atoms with Gasteiger partial charge in [-0.25, -0.2) is 0 Å². The van der Waals surface area contributed by atoms with Gasteiger partial charge in [-0.15, -0.1) is 11.8 Å². The van der Waals surface area contributed by atoms with Gasteiger partial charge in [-0.3, -0.25) is 9.59 Å². The Morgan fingerprint density at radius 3 is 2.77 bits per heavy atom. The van der Waals surface area contributed by atoms with Crippen LogP contribution >= 0.6 is 11.8 Å². The van der Waals surface area contributed by atoms with Crippen molar-refractivity contribution in [1.82, 2.24) is 4.90 Å². The molecule has 2 aromatic rings. The topological polar surface area (TPSA) is 65.1 Å². The molecule has 158 valence electrons. The minimum atomic E-state index is -0.381. The summed E-state index contributed by atoms with van der Waals surface area (Å²) in [6.45, 7) is 2.81. The van der Waals surface area contributed by atoms with Crippen molar-refractivity contribution in [2.75, 3.05) is 25.7 Å². The Bertz CT molecular complexity index is 945. The molecule has 0 bridgehead atoms. The molecule has 0 spiro atoms. The number of carbonyl (C=O) groups excluding carboxylic acids is 2.